The first-order valence-electron chi connectivity index (χ1n) is 5.62. The summed E-state index contributed by atoms with van der Waals surface area (Å²) in [5.74, 6) is 0. The van der Waals surface area contributed by atoms with Crippen molar-refractivity contribution in [1.82, 2.24) is 9.88 Å². The molecule has 4 heteroatoms. The maximum absolute atomic E-state index is 5.73. The molecular formula is C12H19N3O. The summed E-state index contributed by atoms with van der Waals surface area (Å²) in [4.78, 5) is 6.67. The maximum atomic E-state index is 5.73. The quantitative estimate of drug-likeness (QED) is 0.817. The van der Waals surface area contributed by atoms with Crippen LogP contribution in [-0.4, -0.2) is 35.2 Å². The molecule has 4 nitrogen and oxygen atoms in total. The first-order chi connectivity index (χ1) is 7.55. The Hall–Kier alpha value is -1.13. The number of hydrogen-bond donors (Lipinski definition) is 1. The summed E-state index contributed by atoms with van der Waals surface area (Å²) in [7, 11) is 0. The number of nitrogens with zero attached hydrogens (tertiary/aromatic N) is 2. The highest BCUT2D eigenvalue weighted by Gasteiger charge is 2.27. The first-order valence-corrected chi connectivity index (χ1v) is 5.62. The Labute approximate surface area is 96.4 Å². The van der Waals surface area contributed by atoms with Gasteiger partial charge in [-0.05, 0) is 26.0 Å². The summed E-state index contributed by atoms with van der Waals surface area (Å²) >= 11 is 0. The second kappa shape index (κ2) is 4.39. The van der Waals surface area contributed by atoms with Crippen LogP contribution < -0.4 is 5.73 Å². The van der Waals surface area contributed by atoms with Gasteiger partial charge < -0.3 is 10.5 Å². The zero-order chi connectivity index (χ0) is 11.6. The lowest BCUT2D eigenvalue weighted by atomic mass is 10.1. The number of rotatable bonds is 2. The number of nitrogen functional groups attached to an aromatic ring is 1. The van der Waals surface area contributed by atoms with Crippen LogP contribution in [0.4, 0.5) is 5.69 Å². The van der Waals surface area contributed by atoms with Gasteiger partial charge in [-0.25, -0.2) is 0 Å². The van der Waals surface area contributed by atoms with E-state index in [1.165, 1.54) is 0 Å². The SMILES string of the molecule is CC1(C)CN(Cc2cc(N)ccn2)CCO1. The summed E-state index contributed by atoms with van der Waals surface area (Å²) < 4.78 is 5.67. The van der Waals surface area contributed by atoms with Gasteiger partial charge in [0, 0.05) is 31.5 Å². The highest BCUT2D eigenvalue weighted by molar-refractivity contribution is 5.37. The topological polar surface area (TPSA) is 51.4 Å². The van der Waals surface area contributed by atoms with Gasteiger partial charge in [-0.15, -0.1) is 0 Å². The Bertz CT molecular complexity index is 365. The number of pyridine rings is 1. The number of aromatic nitrogens is 1. The molecule has 1 saturated heterocycles. The molecule has 0 unspecified atom stereocenters. The summed E-state index contributed by atoms with van der Waals surface area (Å²) in [5.41, 5.74) is 7.48. The molecule has 2 rings (SSSR count). The molecule has 1 aliphatic heterocycles. The largest absolute Gasteiger partial charge is 0.399 e. The molecule has 1 aromatic rings. The van der Waals surface area contributed by atoms with E-state index in [1.54, 1.807) is 6.20 Å². The van der Waals surface area contributed by atoms with Crippen molar-refractivity contribution in [1.29, 1.82) is 0 Å². The maximum Gasteiger partial charge on any atom is 0.0753 e. The van der Waals surface area contributed by atoms with Crippen molar-refractivity contribution >= 4 is 5.69 Å². The predicted molar refractivity (Wildman–Crippen MR) is 64.0 cm³/mol. The van der Waals surface area contributed by atoms with Crippen molar-refractivity contribution in [2.24, 2.45) is 0 Å². The molecule has 1 aliphatic rings. The number of hydrogen-bond acceptors (Lipinski definition) is 4. The third-order valence-electron chi connectivity index (χ3n) is 2.73. The van der Waals surface area contributed by atoms with Crippen LogP contribution in [-0.2, 0) is 11.3 Å². The average Bonchev–Trinajstić information content (AvgIpc) is 2.15. The van der Waals surface area contributed by atoms with Gasteiger partial charge in [0.15, 0.2) is 0 Å². The van der Waals surface area contributed by atoms with Crippen LogP contribution in [0.15, 0.2) is 18.3 Å². The third-order valence-corrected chi connectivity index (χ3v) is 2.73. The van der Waals surface area contributed by atoms with E-state index in [0.717, 1.165) is 37.6 Å². The molecule has 88 valence electrons. The summed E-state index contributed by atoms with van der Waals surface area (Å²) in [5, 5.41) is 0. The molecule has 16 heavy (non-hydrogen) atoms. The second-order valence-corrected chi connectivity index (χ2v) is 4.90. The molecule has 0 saturated carbocycles. The van der Waals surface area contributed by atoms with Crippen molar-refractivity contribution in [2.75, 3.05) is 25.4 Å². The van der Waals surface area contributed by atoms with Gasteiger partial charge >= 0.3 is 0 Å². The average molecular weight is 221 g/mol. The van der Waals surface area contributed by atoms with Gasteiger partial charge in [-0.1, -0.05) is 0 Å². The molecule has 0 spiro atoms. The molecule has 0 bridgehead atoms. The fraction of sp³-hybridized carbons (Fsp3) is 0.583. The minimum atomic E-state index is -0.0570. The van der Waals surface area contributed by atoms with Crippen LogP contribution in [0.5, 0.6) is 0 Å². The van der Waals surface area contributed by atoms with E-state index < -0.39 is 0 Å². The molecule has 0 atom stereocenters. The van der Waals surface area contributed by atoms with Gasteiger partial charge in [0.05, 0.1) is 17.9 Å². The summed E-state index contributed by atoms with van der Waals surface area (Å²) in [6, 6.07) is 3.75. The number of nitrogens with two attached hydrogens (primary N) is 1. The summed E-state index contributed by atoms with van der Waals surface area (Å²) in [6.45, 7) is 7.76. The number of morpholine rings is 1. The molecule has 0 radical (unpaired) electrons. The molecule has 0 amide bonds. The lowest BCUT2D eigenvalue weighted by Gasteiger charge is -2.37. The number of anilines is 1. The van der Waals surface area contributed by atoms with E-state index >= 15 is 0 Å². The van der Waals surface area contributed by atoms with E-state index in [-0.39, 0.29) is 5.60 Å². The molecule has 1 aromatic heterocycles. The lowest BCUT2D eigenvalue weighted by molar-refractivity contribution is -0.0885. The second-order valence-electron chi connectivity index (χ2n) is 4.90. The standard InChI is InChI=1S/C12H19N3O/c1-12(2)9-15(5-6-16-12)8-11-7-10(13)3-4-14-11/h3-4,7H,5-6,8-9H2,1-2H3,(H2,13,14). The van der Waals surface area contributed by atoms with Gasteiger partial charge in [0.2, 0.25) is 0 Å². The Morgan fingerprint density at radius 3 is 3.06 bits per heavy atom. The Morgan fingerprint density at radius 2 is 2.38 bits per heavy atom. The van der Waals surface area contributed by atoms with E-state index in [1.807, 2.05) is 12.1 Å². The van der Waals surface area contributed by atoms with Crippen LogP contribution in [0, 0.1) is 0 Å². The minimum absolute atomic E-state index is 0.0570. The van der Waals surface area contributed by atoms with Crippen LogP contribution >= 0.6 is 0 Å². The van der Waals surface area contributed by atoms with Crippen molar-refractivity contribution in [3.05, 3.63) is 24.0 Å². The van der Waals surface area contributed by atoms with Crippen LogP contribution in [0.3, 0.4) is 0 Å². The molecule has 1 fully saturated rings. The zero-order valence-corrected chi connectivity index (χ0v) is 9.94. The third kappa shape index (κ3) is 2.93. The van der Waals surface area contributed by atoms with Crippen LogP contribution in [0.2, 0.25) is 0 Å². The van der Waals surface area contributed by atoms with E-state index in [9.17, 15) is 0 Å². The molecule has 0 aromatic carbocycles. The lowest BCUT2D eigenvalue weighted by Crippen LogP contribution is -2.47. The fourth-order valence-corrected chi connectivity index (χ4v) is 2.06. The molecule has 2 N–H and O–H groups in total. The Morgan fingerprint density at radius 1 is 1.56 bits per heavy atom. The predicted octanol–water partition coefficient (Wildman–Crippen LogP) is 1.27. The Balaban J connectivity index is 1.99. The molecular weight excluding hydrogens is 202 g/mol. The zero-order valence-electron chi connectivity index (χ0n) is 9.94. The fourth-order valence-electron chi connectivity index (χ4n) is 2.06. The van der Waals surface area contributed by atoms with Crippen molar-refractivity contribution in [3.8, 4) is 0 Å². The smallest absolute Gasteiger partial charge is 0.0753 e. The van der Waals surface area contributed by atoms with Gasteiger partial charge in [-0.2, -0.15) is 0 Å². The molecule has 0 aliphatic carbocycles. The van der Waals surface area contributed by atoms with Gasteiger partial charge in [0.25, 0.3) is 0 Å². The minimum Gasteiger partial charge on any atom is -0.399 e. The number of ether oxygens (including phenoxy) is 1. The van der Waals surface area contributed by atoms with Gasteiger partial charge in [-0.3, -0.25) is 9.88 Å². The summed E-state index contributed by atoms with van der Waals surface area (Å²) in [6.07, 6.45) is 1.76. The normalized spacial score (nSPS) is 20.9. The van der Waals surface area contributed by atoms with E-state index in [4.69, 9.17) is 10.5 Å². The van der Waals surface area contributed by atoms with E-state index in [0.29, 0.717) is 0 Å². The molecule has 2 heterocycles. The first kappa shape index (κ1) is 11.4. The van der Waals surface area contributed by atoms with E-state index in [2.05, 4.69) is 23.7 Å². The Kier molecular flexibility index (Phi) is 3.12. The van der Waals surface area contributed by atoms with Crippen molar-refractivity contribution < 1.29 is 4.74 Å². The highest BCUT2D eigenvalue weighted by Crippen LogP contribution is 2.18. The van der Waals surface area contributed by atoms with Gasteiger partial charge in [0.1, 0.15) is 0 Å². The highest BCUT2D eigenvalue weighted by atomic mass is 16.5. The van der Waals surface area contributed by atoms with Crippen molar-refractivity contribution in [3.63, 3.8) is 0 Å². The van der Waals surface area contributed by atoms with Crippen LogP contribution in [0.1, 0.15) is 19.5 Å². The van der Waals surface area contributed by atoms with Crippen LogP contribution in [0.25, 0.3) is 0 Å². The van der Waals surface area contributed by atoms with Crippen molar-refractivity contribution in [2.45, 2.75) is 26.0 Å². The monoisotopic (exact) mass is 221 g/mol.